The number of aromatic nitrogens is 1. The first-order valence-corrected chi connectivity index (χ1v) is 6.92. The molecule has 1 aliphatic heterocycles. The van der Waals surface area contributed by atoms with Gasteiger partial charge in [0.1, 0.15) is 5.75 Å². The Kier molecular flexibility index (Phi) is 3.09. The van der Waals surface area contributed by atoms with Crippen molar-refractivity contribution in [1.29, 1.82) is 5.26 Å². The highest BCUT2D eigenvalue weighted by Crippen LogP contribution is 2.39. The van der Waals surface area contributed by atoms with Gasteiger partial charge < -0.3 is 4.74 Å². The molecule has 0 unspecified atom stereocenters. The maximum Gasteiger partial charge on any atom is 0.190 e. The molecule has 4 nitrogen and oxygen atoms in total. The van der Waals surface area contributed by atoms with Gasteiger partial charge >= 0.3 is 0 Å². The molecular formula is C15H11N2O2S. The predicted molar refractivity (Wildman–Crippen MR) is 79.0 cm³/mol. The van der Waals surface area contributed by atoms with Gasteiger partial charge in [-0.05, 0) is 23.1 Å². The Bertz CT molecular complexity index is 798. The molecule has 0 saturated heterocycles. The first-order chi connectivity index (χ1) is 9.74. The number of methoxy groups -OCH3 is 1. The zero-order valence-electron chi connectivity index (χ0n) is 10.7. The van der Waals surface area contributed by atoms with Crippen molar-refractivity contribution < 1.29 is 4.74 Å². The first-order valence-electron chi connectivity index (χ1n) is 5.96. The molecule has 0 aliphatic carbocycles. The van der Waals surface area contributed by atoms with E-state index in [1.807, 2.05) is 29.7 Å². The van der Waals surface area contributed by atoms with E-state index in [2.05, 4.69) is 6.19 Å². The van der Waals surface area contributed by atoms with Crippen LogP contribution in [0.25, 0.3) is 5.57 Å². The maximum atomic E-state index is 12.1. The Morgan fingerprint density at radius 2 is 2.00 bits per heavy atom. The number of pyridine rings is 1. The average Bonchev–Trinajstić information content (AvgIpc) is 2.94. The van der Waals surface area contributed by atoms with E-state index in [0.717, 1.165) is 33.7 Å². The van der Waals surface area contributed by atoms with E-state index >= 15 is 0 Å². The summed E-state index contributed by atoms with van der Waals surface area (Å²) in [6, 6.07) is 8.98. The van der Waals surface area contributed by atoms with E-state index in [9.17, 15) is 4.79 Å². The van der Waals surface area contributed by atoms with Gasteiger partial charge in [0.15, 0.2) is 11.6 Å². The fraction of sp³-hybridized carbons (Fsp3) is 0.0667. The van der Waals surface area contributed by atoms with E-state index in [-0.39, 0.29) is 5.43 Å². The second kappa shape index (κ2) is 4.91. The van der Waals surface area contributed by atoms with Crippen molar-refractivity contribution in [3.63, 3.8) is 0 Å². The summed E-state index contributed by atoms with van der Waals surface area (Å²) >= 11 is 0.863. The molecule has 1 aromatic carbocycles. The lowest BCUT2D eigenvalue weighted by Gasteiger charge is -2.07. The van der Waals surface area contributed by atoms with Gasteiger partial charge in [-0.3, -0.25) is 4.79 Å². The monoisotopic (exact) mass is 283 g/mol. The number of thiol groups is 1. The second-order valence-electron chi connectivity index (χ2n) is 4.25. The van der Waals surface area contributed by atoms with Crippen LogP contribution in [-0.2, 0) is 0 Å². The highest BCUT2D eigenvalue weighted by atomic mass is 32.2. The quantitative estimate of drug-likeness (QED) is 0.861. The largest absolute Gasteiger partial charge is 0.497 e. The minimum Gasteiger partial charge on any atom is -0.497 e. The SMILES string of the molecule is COc1ccc(C2=C[SH]c3c2c(=O)ccn3C#N)cc1. The number of ether oxygens (including phenoxy) is 1. The fourth-order valence-corrected chi connectivity index (χ4v) is 3.29. The molecule has 0 amide bonds. The molecule has 20 heavy (non-hydrogen) atoms. The lowest BCUT2D eigenvalue weighted by molar-refractivity contribution is 0.415. The third kappa shape index (κ3) is 1.91. The number of hydrogen-bond acceptors (Lipinski definition) is 3. The van der Waals surface area contributed by atoms with Crippen LogP contribution in [0.5, 0.6) is 5.75 Å². The molecule has 0 saturated carbocycles. The molecule has 0 fully saturated rings. The topological polar surface area (TPSA) is 55.0 Å². The molecule has 0 N–H and O–H groups in total. The van der Waals surface area contributed by atoms with Crippen molar-refractivity contribution in [2.24, 2.45) is 0 Å². The van der Waals surface area contributed by atoms with Gasteiger partial charge in [0.25, 0.3) is 0 Å². The summed E-state index contributed by atoms with van der Waals surface area (Å²) in [6.07, 6.45) is 3.58. The van der Waals surface area contributed by atoms with Crippen molar-refractivity contribution in [2.75, 3.05) is 7.11 Å². The molecule has 1 aliphatic rings. The van der Waals surface area contributed by atoms with Crippen LogP contribution in [0, 0.1) is 11.5 Å². The third-order valence-corrected chi connectivity index (χ3v) is 4.24. The van der Waals surface area contributed by atoms with Gasteiger partial charge in [-0.25, -0.2) is 4.57 Å². The predicted octanol–water partition coefficient (Wildman–Crippen LogP) is 2.41. The summed E-state index contributed by atoms with van der Waals surface area (Å²) in [4.78, 5) is 12.1. The fourth-order valence-electron chi connectivity index (χ4n) is 2.17. The first kappa shape index (κ1) is 12.6. The summed E-state index contributed by atoms with van der Waals surface area (Å²) in [6.45, 7) is 0. The van der Waals surface area contributed by atoms with E-state index < -0.39 is 0 Å². The minimum absolute atomic E-state index is 0.0569. The van der Waals surface area contributed by atoms with Crippen molar-refractivity contribution in [1.82, 2.24) is 4.57 Å². The highest BCUT2D eigenvalue weighted by molar-refractivity contribution is 8.02. The van der Waals surface area contributed by atoms with Crippen LogP contribution in [0.15, 0.2) is 51.8 Å². The van der Waals surface area contributed by atoms with Crippen molar-refractivity contribution in [3.05, 3.63) is 63.3 Å². The van der Waals surface area contributed by atoms with Crippen LogP contribution in [0.2, 0.25) is 0 Å². The average molecular weight is 283 g/mol. The van der Waals surface area contributed by atoms with E-state index in [4.69, 9.17) is 10.00 Å². The third-order valence-electron chi connectivity index (χ3n) is 3.17. The molecule has 1 aromatic heterocycles. The highest BCUT2D eigenvalue weighted by Gasteiger charge is 2.21. The maximum absolute atomic E-state index is 12.1. The number of hydrogen-bond donors (Lipinski definition) is 1. The zero-order valence-corrected chi connectivity index (χ0v) is 11.6. The molecule has 1 radical (unpaired) electrons. The zero-order chi connectivity index (χ0) is 14.1. The van der Waals surface area contributed by atoms with Gasteiger partial charge in [-0.2, -0.15) is 17.0 Å². The smallest absolute Gasteiger partial charge is 0.190 e. The lowest BCUT2D eigenvalue weighted by Crippen LogP contribution is -2.11. The second-order valence-corrected chi connectivity index (χ2v) is 5.19. The summed E-state index contributed by atoms with van der Waals surface area (Å²) in [5, 5.41) is 11.8. The Hall–Kier alpha value is -2.45. The number of fused-ring (bicyclic) bond motifs is 1. The molecule has 0 spiro atoms. The van der Waals surface area contributed by atoms with Crippen LogP contribution in [0.1, 0.15) is 11.1 Å². The van der Waals surface area contributed by atoms with E-state index in [1.54, 1.807) is 7.11 Å². The summed E-state index contributed by atoms with van der Waals surface area (Å²) in [7, 11) is 1.61. The Morgan fingerprint density at radius 1 is 1.25 bits per heavy atom. The lowest BCUT2D eigenvalue weighted by atomic mass is 10.0. The molecule has 99 valence electrons. The van der Waals surface area contributed by atoms with E-state index in [1.165, 1.54) is 16.8 Å². The van der Waals surface area contributed by atoms with Gasteiger partial charge in [0, 0.05) is 17.8 Å². The molecule has 0 atom stereocenters. The molecule has 2 aromatic rings. The van der Waals surface area contributed by atoms with Crippen molar-refractivity contribution >= 4 is 17.3 Å². The van der Waals surface area contributed by atoms with Gasteiger partial charge in [0.05, 0.1) is 17.7 Å². The van der Waals surface area contributed by atoms with Crippen LogP contribution >= 0.6 is 11.8 Å². The Labute approximate surface area is 119 Å². The molecular weight excluding hydrogens is 272 g/mol. The molecule has 2 heterocycles. The van der Waals surface area contributed by atoms with Gasteiger partial charge in [-0.1, -0.05) is 12.1 Å². The van der Waals surface area contributed by atoms with Crippen LogP contribution < -0.4 is 10.2 Å². The van der Waals surface area contributed by atoms with Crippen LogP contribution in [0.4, 0.5) is 0 Å². The van der Waals surface area contributed by atoms with Crippen LogP contribution in [0.3, 0.4) is 0 Å². The molecule has 5 heteroatoms. The minimum atomic E-state index is -0.0569. The summed E-state index contributed by atoms with van der Waals surface area (Å²) in [5.74, 6) is 0.771. The molecule has 0 bridgehead atoms. The number of rotatable bonds is 2. The number of nitrogens with zero attached hydrogens (tertiary/aromatic N) is 2. The molecule has 3 rings (SSSR count). The van der Waals surface area contributed by atoms with Crippen molar-refractivity contribution in [3.8, 4) is 11.9 Å². The number of nitriles is 1. The number of benzene rings is 1. The van der Waals surface area contributed by atoms with Gasteiger partial charge in [0.2, 0.25) is 0 Å². The standard InChI is InChI=1S/C15H11N2O2S/c1-19-11-4-2-10(3-5-11)12-8-20-15-14(12)13(18)6-7-17(15)9-16/h2-8,20H,1H3. The van der Waals surface area contributed by atoms with Crippen molar-refractivity contribution in [2.45, 2.75) is 5.03 Å². The van der Waals surface area contributed by atoms with Crippen LogP contribution in [-0.4, -0.2) is 11.7 Å². The Morgan fingerprint density at radius 3 is 2.65 bits per heavy atom. The normalized spacial score (nSPS) is 12.5. The Balaban J connectivity index is 2.13. The van der Waals surface area contributed by atoms with E-state index in [0.29, 0.717) is 5.56 Å². The summed E-state index contributed by atoms with van der Waals surface area (Å²) < 4.78 is 6.57. The summed E-state index contributed by atoms with van der Waals surface area (Å²) in [5.41, 5.74) is 2.38. The van der Waals surface area contributed by atoms with Gasteiger partial charge in [-0.15, -0.1) is 0 Å².